The molecular weight excluding hydrogens is 224 g/mol. The molecule has 5 heteroatoms. The Hall–Kier alpha value is -1.19. The lowest BCUT2D eigenvalue weighted by molar-refractivity contribution is -0.144. The summed E-state index contributed by atoms with van der Waals surface area (Å²) in [6.45, 7) is -0.731. The fraction of sp³-hybridized carbons (Fsp3) is 0.583. The average molecular weight is 240 g/mol. The number of carbonyl (C=O) groups is 1. The van der Waals surface area contributed by atoms with Crippen molar-refractivity contribution in [2.45, 2.75) is 31.0 Å². The molecule has 1 rings (SSSR count). The first kappa shape index (κ1) is 13.9. The minimum atomic E-state index is -2.14. The maximum Gasteiger partial charge on any atom is 0.207 e. The minimum Gasteiger partial charge on any atom is -0.396 e. The SMILES string of the molecule is O=C1C(C#CCCCCO)=C[C@H](O)[C@@]1(O)CO. The summed E-state index contributed by atoms with van der Waals surface area (Å²) in [7, 11) is 0. The van der Waals surface area contributed by atoms with E-state index >= 15 is 0 Å². The lowest BCUT2D eigenvalue weighted by Crippen LogP contribution is -2.48. The number of hydrogen-bond donors (Lipinski definition) is 4. The van der Waals surface area contributed by atoms with Crippen LogP contribution in [0.15, 0.2) is 11.6 Å². The van der Waals surface area contributed by atoms with Gasteiger partial charge in [0.25, 0.3) is 0 Å². The Labute approximate surface area is 99.4 Å². The highest BCUT2D eigenvalue weighted by molar-refractivity contribution is 6.08. The van der Waals surface area contributed by atoms with Crippen molar-refractivity contribution in [2.24, 2.45) is 0 Å². The molecule has 0 saturated carbocycles. The van der Waals surface area contributed by atoms with Crippen LogP contribution in [0.1, 0.15) is 19.3 Å². The number of hydrogen-bond acceptors (Lipinski definition) is 5. The van der Waals surface area contributed by atoms with Crippen molar-refractivity contribution >= 4 is 5.78 Å². The van der Waals surface area contributed by atoms with Gasteiger partial charge in [0.15, 0.2) is 5.60 Å². The molecular formula is C12H16O5. The van der Waals surface area contributed by atoms with Gasteiger partial charge in [-0.2, -0.15) is 0 Å². The molecule has 0 aromatic rings. The molecule has 0 radical (unpaired) electrons. The van der Waals surface area contributed by atoms with Crippen molar-refractivity contribution in [3.8, 4) is 11.8 Å². The summed E-state index contributed by atoms with van der Waals surface area (Å²) in [6.07, 6.45) is 1.63. The highest BCUT2D eigenvalue weighted by Crippen LogP contribution is 2.25. The van der Waals surface area contributed by atoms with Crippen LogP contribution in [0.5, 0.6) is 0 Å². The molecule has 0 spiro atoms. The third-order valence-electron chi connectivity index (χ3n) is 2.63. The molecule has 4 N–H and O–H groups in total. The smallest absolute Gasteiger partial charge is 0.207 e. The lowest BCUT2D eigenvalue weighted by Gasteiger charge is -2.21. The maximum absolute atomic E-state index is 11.6. The summed E-state index contributed by atoms with van der Waals surface area (Å²) in [6, 6.07) is 0. The van der Waals surface area contributed by atoms with Gasteiger partial charge in [-0.3, -0.25) is 4.79 Å². The summed E-state index contributed by atoms with van der Waals surface area (Å²) < 4.78 is 0. The number of ketones is 1. The van der Waals surface area contributed by atoms with Crippen LogP contribution in [-0.4, -0.2) is 51.1 Å². The molecule has 0 aliphatic heterocycles. The van der Waals surface area contributed by atoms with E-state index < -0.39 is 24.1 Å². The average Bonchev–Trinajstić information content (AvgIpc) is 2.54. The Morgan fingerprint density at radius 3 is 2.59 bits per heavy atom. The quantitative estimate of drug-likeness (QED) is 0.363. The van der Waals surface area contributed by atoms with E-state index in [4.69, 9.17) is 10.2 Å². The van der Waals surface area contributed by atoms with Crippen molar-refractivity contribution in [1.29, 1.82) is 0 Å². The first-order chi connectivity index (χ1) is 8.06. The predicted octanol–water partition coefficient (Wildman–Crippen LogP) is -1.25. The summed E-state index contributed by atoms with van der Waals surface area (Å²) >= 11 is 0. The Morgan fingerprint density at radius 2 is 2.06 bits per heavy atom. The molecule has 1 aliphatic rings. The number of aliphatic hydroxyl groups excluding tert-OH is 3. The zero-order chi connectivity index (χ0) is 12.9. The monoisotopic (exact) mass is 240 g/mol. The zero-order valence-corrected chi connectivity index (χ0v) is 9.39. The van der Waals surface area contributed by atoms with E-state index in [0.717, 1.165) is 12.5 Å². The number of unbranched alkanes of at least 4 members (excludes halogenated alkanes) is 2. The van der Waals surface area contributed by atoms with Crippen LogP contribution < -0.4 is 0 Å². The largest absolute Gasteiger partial charge is 0.396 e. The van der Waals surface area contributed by atoms with Crippen molar-refractivity contribution in [3.63, 3.8) is 0 Å². The highest BCUT2D eigenvalue weighted by atomic mass is 16.4. The standard InChI is InChI=1S/C12H16O5/c13-6-4-2-1-3-5-9-7-10(15)12(17,8-14)11(9)16/h7,10,13-15,17H,1-2,4,6,8H2/t10-,12-/m0/s1. The fourth-order valence-electron chi connectivity index (χ4n) is 1.49. The van der Waals surface area contributed by atoms with E-state index in [0.29, 0.717) is 12.8 Å². The molecule has 0 amide bonds. The van der Waals surface area contributed by atoms with E-state index in [1.807, 2.05) is 0 Å². The van der Waals surface area contributed by atoms with Crippen molar-refractivity contribution in [1.82, 2.24) is 0 Å². The Morgan fingerprint density at radius 1 is 1.35 bits per heavy atom. The van der Waals surface area contributed by atoms with Gasteiger partial charge < -0.3 is 20.4 Å². The number of Topliss-reactive ketones (excluding diaryl/α,β-unsaturated/α-hetero) is 1. The molecule has 5 nitrogen and oxygen atoms in total. The second-order valence-corrected chi connectivity index (χ2v) is 3.92. The third-order valence-corrected chi connectivity index (χ3v) is 2.63. The first-order valence-electron chi connectivity index (χ1n) is 5.44. The molecule has 0 aromatic heterocycles. The van der Waals surface area contributed by atoms with Crippen LogP contribution >= 0.6 is 0 Å². The second-order valence-electron chi connectivity index (χ2n) is 3.92. The van der Waals surface area contributed by atoms with Gasteiger partial charge >= 0.3 is 0 Å². The second kappa shape index (κ2) is 5.94. The van der Waals surface area contributed by atoms with E-state index in [1.165, 1.54) is 0 Å². The van der Waals surface area contributed by atoms with Crippen LogP contribution in [0, 0.1) is 11.8 Å². The predicted molar refractivity (Wildman–Crippen MR) is 59.8 cm³/mol. The number of aliphatic hydroxyl groups is 4. The maximum atomic E-state index is 11.6. The van der Waals surface area contributed by atoms with E-state index in [9.17, 15) is 15.0 Å². The molecule has 0 fully saturated rings. The van der Waals surface area contributed by atoms with E-state index in [-0.39, 0.29) is 12.2 Å². The number of rotatable bonds is 4. The summed E-state index contributed by atoms with van der Waals surface area (Å²) in [5.74, 6) is 4.53. The van der Waals surface area contributed by atoms with Crippen LogP contribution in [0.25, 0.3) is 0 Å². The van der Waals surface area contributed by atoms with Gasteiger partial charge in [0, 0.05) is 13.0 Å². The van der Waals surface area contributed by atoms with Crippen LogP contribution in [0.3, 0.4) is 0 Å². The van der Waals surface area contributed by atoms with Gasteiger partial charge in [0.2, 0.25) is 5.78 Å². The van der Waals surface area contributed by atoms with Gasteiger partial charge in [-0.25, -0.2) is 0 Å². The fourth-order valence-corrected chi connectivity index (χ4v) is 1.49. The van der Waals surface area contributed by atoms with Gasteiger partial charge in [-0.05, 0) is 18.9 Å². The summed E-state index contributed by atoms with van der Waals surface area (Å²) in [4.78, 5) is 11.6. The molecule has 0 aromatic carbocycles. The molecule has 94 valence electrons. The van der Waals surface area contributed by atoms with Crippen LogP contribution in [-0.2, 0) is 4.79 Å². The van der Waals surface area contributed by atoms with E-state index in [1.54, 1.807) is 0 Å². The molecule has 1 aliphatic carbocycles. The summed E-state index contributed by atoms with van der Waals surface area (Å²) in [5, 5.41) is 36.5. The Bertz CT molecular complexity index is 376. The topological polar surface area (TPSA) is 98.0 Å². The van der Waals surface area contributed by atoms with Gasteiger partial charge in [0.1, 0.15) is 6.10 Å². The van der Waals surface area contributed by atoms with Crippen LogP contribution in [0.4, 0.5) is 0 Å². The molecule has 2 atom stereocenters. The Kier molecular flexibility index (Phi) is 4.85. The molecule has 0 saturated heterocycles. The van der Waals surface area contributed by atoms with E-state index in [2.05, 4.69) is 11.8 Å². The third kappa shape index (κ3) is 2.93. The minimum absolute atomic E-state index is 0.0260. The van der Waals surface area contributed by atoms with Gasteiger partial charge in [0.05, 0.1) is 12.2 Å². The van der Waals surface area contributed by atoms with Crippen molar-refractivity contribution in [2.75, 3.05) is 13.2 Å². The molecule has 0 bridgehead atoms. The lowest BCUT2D eigenvalue weighted by atomic mass is 9.97. The van der Waals surface area contributed by atoms with Crippen molar-refractivity contribution in [3.05, 3.63) is 11.6 Å². The highest BCUT2D eigenvalue weighted by Gasteiger charge is 2.48. The van der Waals surface area contributed by atoms with Crippen molar-refractivity contribution < 1.29 is 25.2 Å². The Balaban J connectivity index is 2.62. The molecule has 0 heterocycles. The zero-order valence-electron chi connectivity index (χ0n) is 9.39. The molecule has 0 unspecified atom stereocenters. The van der Waals surface area contributed by atoms with Crippen LogP contribution in [0.2, 0.25) is 0 Å². The van der Waals surface area contributed by atoms with Gasteiger partial charge in [-0.15, -0.1) is 0 Å². The molecule has 17 heavy (non-hydrogen) atoms. The first-order valence-corrected chi connectivity index (χ1v) is 5.44. The normalized spacial score (nSPS) is 27.6. The van der Waals surface area contributed by atoms with Gasteiger partial charge in [-0.1, -0.05) is 11.8 Å². The number of carbonyl (C=O) groups excluding carboxylic acids is 1. The summed E-state index contributed by atoms with van der Waals surface area (Å²) in [5.41, 5.74) is -2.12.